The normalized spacial score (nSPS) is 45.6. The highest BCUT2D eigenvalue weighted by atomic mass is 16.7. The van der Waals surface area contributed by atoms with E-state index >= 15 is 0 Å². The zero-order chi connectivity index (χ0) is 23.8. The van der Waals surface area contributed by atoms with Crippen LogP contribution >= 0.6 is 0 Å². The summed E-state index contributed by atoms with van der Waals surface area (Å²) in [7, 11) is 0. The van der Waals surface area contributed by atoms with Crippen molar-refractivity contribution in [2.24, 2.45) is 11.8 Å². The predicted molar refractivity (Wildman–Crippen MR) is 106 cm³/mol. The fourth-order valence-electron chi connectivity index (χ4n) is 4.62. The van der Waals surface area contributed by atoms with Gasteiger partial charge < -0.3 is 54.9 Å². The molecule has 0 spiro atoms. The molecule has 0 saturated carbocycles. The van der Waals surface area contributed by atoms with Crippen LogP contribution in [0.2, 0.25) is 0 Å². The predicted octanol–water partition coefficient (Wildman–Crippen LogP) is -3.49. The number of aliphatic hydroxyl groups is 7. The standard InChI is InChI=1S/C20H35NO11/c1-9(2)3-10-4-13(24)21(5-10)8-20(29)18(28)17(11(23)7-30-20)32-19-16(27)15(26)14(25)12(6-22)31-19/h9-12,14-19,22-23,25-29H,3-8H2,1-2H3/t10-,11?,12?,14?,15?,16?,17?,18?,19?,20?/m1/s1. The van der Waals surface area contributed by atoms with Gasteiger partial charge in [0.25, 0.3) is 0 Å². The Kier molecular flexibility index (Phi) is 8.14. The number of amides is 1. The molecule has 10 atom stereocenters. The third kappa shape index (κ3) is 5.25. The Labute approximate surface area is 185 Å². The molecule has 0 aromatic carbocycles. The first-order valence-electron chi connectivity index (χ1n) is 10.9. The van der Waals surface area contributed by atoms with Crippen molar-refractivity contribution >= 4 is 5.91 Å². The van der Waals surface area contributed by atoms with E-state index in [1.165, 1.54) is 4.90 Å². The molecule has 186 valence electrons. The number of ether oxygens (including phenoxy) is 3. The number of hydrogen-bond acceptors (Lipinski definition) is 11. The number of aliphatic hydroxyl groups excluding tert-OH is 6. The van der Waals surface area contributed by atoms with Crippen LogP contribution in [0.25, 0.3) is 0 Å². The van der Waals surface area contributed by atoms with Crippen molar-refractivity contribution in [2.45, 2.75) is 81.5 Å². The van der Waals surface area contributed by atoms with Gasteiger partial charge in [-0.3, -0.25) is 4.79 Å². The monoisotopic (exact) mass is 465 g/mol. The van der Waals surface area contributed by atoms with Crippen molar-refractivity contribution in [1.82, 2.24) is 4.90 Å². The van der Waals surface area contributed by atoms with Crippen LogP contribution in [0.5, 0.6) is 0 Å². The van der Waals surface area contributed by atoms with Crippen LogP contribution in [0.1, 0.15) is 26.7 Å². The molecule has 3 aliphatic rings. The van der Waals surface area contributed by atoms with Gasteiger partial charge in [0.2, 0.25) is 11.7 Å². The molecular formula is C20H35NO11. The second-order valence-electron chi connectivity index (χ2n) is 9.44. The summed E-state index contributed by atoms with van der Waals surface area (Å²) in [5.74, 6) is -1.91. The molecule has 1 amide bonds. The van der Waals surface area contributed by atoms with Crippen LogP contribution in [0.15, 0.2) is 0 Å². The average Bonchev–Trinajstić information content (AvgIpc) is 3.06. The lowest BCUT2D eigenvalue weighted by Gasteiger charge is -2.47. The van der Waals surface area contributed by atoms with E-state index in [1.54, 1.807) is 0 Å². The highest BCUT2D eigenvalue weighted by Gasteiger charge is 2.54. The Morgan fingerprint density at radius 1 is 1.16 bits per heavy atom. The third-order valence-electron chi connectivity index (χ3n) is 6.31. The van der Waals surface area contributed by atoms with Gasteiger partial charge in [0.15, 0.2) is 6.29 Å². The SMILES string of the molecule is CC(C)C[C@@H]1CC(=O)N(CC2(O)OCC(O)C(OC3OC(CO)C(O)C(O)C3O)C2O)C1. The summed E-state index contributed by atoms with van der Waals surface area (Å²) in [6.07, 6.45) is -11.5. The van der Waals surface area contributed by atoms with Gasteiger partial charge in [0, 0.05) is 13.0 Å². The Morgan fingerprint density at radius 3 is 2.47 bits per heavy atom. The van der Waals surface area contributed by atoms with Gasteiger partial charge in [-0.05, 0) is 18.3 Å². The van der Waals surface area contributed by atoms with Crippen molar-refractivity contribution in [2.75, 3.05) is 26.3 Å². The average molecular weight is 465 g/mol. The second-order valence-corrected chi connectivity index (χ2v) is 9.44. The molecule has 12 heteroatoms. The Bertz CT molecular complexity index is 649. The van der Waals surface area contributed by atoms with Crippen LogP contribution in [0.3, 0.4) is 0 Å². The molecule has 32 heavy (non-hydrogen) atoms. The Morgan fingerprint density at radius 2 is 1.84 bits per heavy atom. The zero-order valence-corrected chi connectivity index (χ0v) is 18.2. The topological polar surface area (TPSA) is 190 Å². The molecule has 9 unspecified atom stereocenters. The lowest BCUT2D eigenvalue weighted by atomic mass is 9.95. The number of likely N-dealkylation sites (tertiary alicyclic amines) is 1. The van der Waals surface area contributed by atoms with Gasteiger partial charge >= 0.3 is 0 Å². The number of nitrogens with zero attached hydrogens (tertiary/aromatic N) is 1. The first kappa shape index (κ1) is 25.7. The largest absolute Gasteiger partial charge is 0.394 e. The van der Waals surface area contributed by atoms with Crippen LogP contribution < -0.4 is 0 Å². The minimum absolute atomic E-state index is 0.124. The molecule has 0 aromatic heterocycles. The van der Waals surface area contributed by atoms with E-state index in [-0.39, 0.29) is 18.4 Å². The summed E-state index contributed by atoms with van der Waals surface area (Å²) >= 11 is 0. The molecular weight excluding hydrogens is 430 g/mol. The van der Waals surface area contributed by atoms with Crippen LogP contribution in [0.4, 0.5) is 0 Å². The highest BCUT2D eigenvalue weighted by molar-refractivity contribution is 5.78. The lowest BCUT2D eigenvalue weighted by Crippen LogP contribution is -2.67. The van der Waals surface area contributed by atoms with Gasteiger partial charge in [-0.25, -0.2) is 0 Å². The summed E-state index contributed by atoms with van der Waals surface area (Å²) < 4.78 is 16.0. The fourth-order valence-corrected chi connectivity index (χ4v) is 4.62. The van der Waals surface area contributed by atoms with Crippen LogP contribution in [-0.4, -0.2) is 128 Å². The third-order valence-corrected chi connectivity index (χ3v) is 6.31. The Balaban J connectivity index is 1.69. The summed E-state index contributed by atoms with van der Waals surface area (Å²) in [6.45, 7) is 3.04. The number of hydrogen-bond donors (Lipinski definition) is 7. The summed E-state index contributed by atoms with van der Waals surface area (Å²) in [6, 6.07) is 0. The maximum atomic E-state index is 12.4. The number of β-amino-alcohol motifs (C(OH)–C–C–N with tert-alkyl or cyclic N) is 1. The molecule has 3 saturated heterocycles. The molecule has 3 heterocycles. The van der Waals surface area contributed by atoms with Gasteiger partial charge in [-0.2, -0.15) is 0 Å². The molecule has 0 aliphatic carbocycles. The number of rotatable bonds is 7. The maximum absolute atomic E-state index is 12.4. The summed E-state index contributed by atoms with van der Waals surface area (Å²) in [4.78, 5) is 13.8. The number of carbonyl (C=O) groups excluding carboxylic acids is 1. The molecule has 0 aromatic rings. The summed E-state index contributed by atoms with van der Waals surface area (Å²) in [5, 5.41) is 71.3. The minimum atomic E-state index is -2.25. The van der Waals surface area contributed by atoms with E-state index < -0.39 is 68.0 Å². The van der Waals surface area contributed by atoms with Crippen LogP contribution in [-0.2, 0) is 19.0 Å². The van der Waals surface area contributed by atoms with Crippen molar-refractivity contribution in [3.05, 3.63) is 0 Å². The van der Waals surface area contributed by atoms with Crippen molar-refractivity contribution in [3.8, 4) is 0 Å². The van der Waals surface area contributed by atoms with Gasteiger partial charge in [0.05, 0.1) is 19.8 Å². The van der Waals surface area contributed by atoms with E-state index in [0.717, 1.165) is 6.42 Å². The Hall–Kier alpha value is -0.930. The zero-order valence-electron chi connectivity index (χ0n) is 18.2. The molecule has 12 nitrogen and oxygen atoms in total. The first-order valence-corrected chi connectivity index (χ1v) is 10.9. The van der Waals surface area contributed by atoms with E-state index in [4.69, 9.17) is 14.2 Å². The molecule has 3 aliphatic heterocycles. The van der Waals surface area contributed by atoms with Gasteiger partial charge in [-0.1, -0.05) is 13.8 Å². The summed E-state index contributed by atoms with van der Waals surface area (Å²) in [5.41, 5.74) is 0. The van der Waals surface area contributed by atoms with E-state index in [9.17, 15) is 40.5 Å². The minimum Gasteiger partial charge on any atom is -0.394 e. The van der Waals surface area contributed by atoms with Crippen molar-refractivity contribution < 1.29 is 54.8 Å². The molecule has 3 fully saturated rings. The van der Waals surface area contributed by atoms with Gasteiger partial charge in [-0.15, -0.1) is 0 Å². The van der Waals surface area contributed by atoms with Crippen molar-refractivity contribution in [1.29, 1.82) is 0 Å². The quantitative estimate of drug-likeness (QED) is 0.198. The van der Waals surface area contributed by atoms with Crippen LogP contribution in [0, 0.1) is 11.8 Å². The highest BCUT2D eigenvalue weighted by Crippen LogP contribution is 2.33. The molecule has 0 radical (unpaired) electrons. The van der Waals surface area contributed by atoms with Crippen molar-refractivity contribution in [3.63, 3.8) is 0 Å². The number of carbonyl (C=O) groups is 1. The molecule has 0 bridgehead atoms. The first-order chi connectivity index (χ1) is 15.0. The maximum Gasteiger partial charge on any atom is 0.223 e. The molecule has 7 N–H and O–H groups in total. The van der Waals surface area contributed by atoms with E-state index in [1.807, 2.05) is 0 Å². The van der Waals surface area contributed by atoms with E-state index in [2.05, 4.69) is 13.8 Å². The smallest absolute Gasteiger partial charge is 0.223 e. The molecule has 3 rings (SSSR count). The van der Waals surface area contributed by atoms with Gasteiger partial charge in [0.1, 0.15) is 42.7 Å². The fraction of sp³-hybridized carbons (Fsp3) is 0.950. The van der Waals surface area contributed by atoms with E-state index in [0.29, 0.717) is 18.9 Å². The second kappa shape index (κ2) is 10.1. The lowest BCUT2D eigenvalue weighted by molar-refractivity contribution is -0.369.